The Morgan fingerprint density at radius 1 is 1.03 bits per heavy atom. The molecule has 0 aromatic heterocycles. The van der Waals surface area contributed by atoms with Crippen LogP contribution in [0.1, 0.15) is 16.8 Å². The Balaban J connectivity index is 1.46. The maximum atomic E-state index is 12.2. The summed E-state index contributed by atoms with van der Waals surface area (Å²) in [6.07, 6.45) is -8.76. The minimum Gasteiger partial charge on any atom is -0.478 e. The smallest absolute Gasteiger partial charge is 0.338 e. The fourth-order valence-electron chi connectivity index (χ4n) is 4.46. The molecular weight excluding hydrogens is 452 g/mol. The molecule has 1 saturated carbocycles. The van der Waals surface area contributed by atoms with E-state index in [-0.39, 0.29) is 17.6 Å². The number of carboxylic acid groups (broad SMARTS) is 1. The number of fused-ring (bicyclic) bond motifs is 1. The molecule has 1 aliphatic carbocycles. The van der Waals surface area contributed by atoms with Crippen molar-refractivity contribution in [1.29, 1.82) is 0 Å². The first-order valence-electron chi connectivity index (χ1n) is 10.7. The molecule has 1 aromatic rings. The lowest BCUT2D eigenvalue weighted by Gasteiger charge is -2.42. The van der Waals surface area contributed by atoms with Gasteiger partial charge in [0.05, 0.1) is 29.4 Å². The molecule has 3 aliphatic rings. The summed E-state index contributed by atoms with van der Waals surface area (Å²) < 4.78 is 21.9. The van der Waals surface area contributed by atoms with Crippen LogP contribution in [0, 0.1) is 11.8 Å². The molecule has 11 heteroatoms. The second-order valence-electron chi connectivity index (χ2n) is 8.46. The van der Waals surface area contributed by atoms with Gasteiger partial charge in [-0.25, -0.2) is 9.59 Å². The molecule has 0 spiro atoms. The number of hydrogen-bond donors (Lipinski definition) is 5. The van der Waals surface area contributed by atoms with E-state index in [0.717, 1.165) is 6.26 Å². The van der Waals surface area contributed by atoms with Gasteiger partial charge in [-0.15, -0.1) is 0 Å². The average molecular weight is 478 g/mol. The van der Waals surface area contributed by atoms with Crippen LogP contribution in [0.5, 0.6) is 0 Å². The fraction of sp³-hybridized carbons (Fsp3) is 0.478. The summed E-state index contributed by atoms with van der Waals surface area (Å²) in [6, 6.07) is 8.13. The minimum atomic E-state index is -1.69. The Morgan fingerprint density at radius 2 is 1.74 bits per heavy atom. The van der Waals surface area contributed by atoms with Crippen LogP contribution in [-0.4, -0.2) is 87.2 Å². The van der Waals surface area contributed by atoms with E-state index >= 15 is 0 Å². The van der Waals surface area contributed by atoms with Crippen molar-refractivity contribution in [3.05, 3.63) is 59.9 Å². The van der Waals surface area contributed by atoms with Crippen LogP contribution in [0.15, 0.2) is 54.3 Å². The maximum absolute atomic E-state index is 12.2. The second kappa shape index (κ2) is 9.82. The molecule has 2 fully saturated rings. The highest BCUT2D eigenvalue weighted by Crippen LogP contribution is 2.46. The molecule has 2 heterocycles. The summed E-state index contributed by atoms with van der Waals surface area (Å²) in [5.41, 5.74) is 0.539. The van der Waals surface area contributed by atoms with Gasteiger partial charge in [-0.2, -0.15) is 0 Å². The van der Waals surface area contributed by atoms with E-state index < -0.39 is 73.5 Å². The molecule has 0 radical (unpaired) electrons. The van der Waals surface area contributed by atoms with Crippen LogP contribution in [0.3, 0.4) is 0 Å². The Morgan fingerprint density at radius 3 is 2.41 bits per heavy atom. The van der Waals surface area contributed by atoms with Crippen LogP contribution in [0.4, 0.5) is 0 Å². The lowest BCUT2D eigenvalue weighted by atomic mass is 9.85. The highest BCUT2D eigenvalue weighted by atomic mass is 16.8. The third-order valence-electron chi connectivity index (χ3n) is 6.36. The van der Waals surface area contributed by atoms with Crippen molar-refractivity contribution in [2.45, 2.75) is 49.5 Å². The Labute approximate surface area is 194 Å². The molecule has 1 saturated heterocycles. The van der Waals surface area contributed by atoms with Gasteiger partial charge >= 0.3 is 11.9 Å². The van der Waals surface area contributed by atoms with Crippen molar-refractivity contribution < 1.29 is 54.1 Å². The van der Waals surface area contributed by atoms with Crippen molar-refractivity contribution in [1.82, 2.24) is 0 Å². The predicted molar refractivity (Wildman–Crippen MR) is 112 cm³/mol. The molecule has 184 valence electrons. The number of rotatable bonds is 6. The fourth-order valence-corrected chi connectivity index (χ4v) is 4.46. The van der Waals surface area contributed by atoms with Crippen molar-refractivity contribution in [2.24, 2.45) is 11.8 Å². The number of hydrogen-bond acceptors (Lipinski definition) is 10. The van der Waals surface area contributed by atoms with Gasteiger partial charge in [0.15, 0.2) is 6.29 Å². The number of benzene rings is 1. The van der Waals surface area contributed by atoms with Crippen LogP contribution < -0.4 is 0 Å². The summed E-state index contributed by atoms with van der Waals surface area (Å²) in [5.74, 6) is -3.27. The first-order valence-corrected chi connectivity index (χ1v) is 10.7. The molecule has 9 atom stereocenters. The molecule has 5 N–H and O–H groups in total. The summed E-state index contributed by atoms with van der Waals surface area (Å²) >= 11 is 0. The van der Waals surface area contributed by atoms with Crippen LogP contribution >= 0.6 is 0 Å². The molecule has 11 nitrogen and oxygen atoms in total. The zero-order valence-corrected chi connectivity index (χ0v) is 18.0. The first-order chi connectivity index (χ1) is 16.2. The van der Waals surface area contributed by atoms with E-state index in [1.807, 2.05) is 0 Å². The topological polar surface area (TPSA) is 172 Å². The van der Waals surface area contributed by atoms with Crippen molar-refractivity contribution in [3.63, 3.8) is 0 Å². The minimum absolute atomic E-state index is 0.0474. The van der Waals surface area contributed by atoms with Crippen LogP contribution in [0.25, 0.3) is 0 Å². The number of ether oxygens (including phenoxy) is 4. The Hall–Kier alpha value is -2.80. The van der Waals surface area contributed by atoms with E-state index in [4.69, 9.17) is 18.9 Å². The van der Waals surface area contributed by atoms with Gasteiger partial charge in [-0.3, -0.25) is 0 Å². The van der Waals surface area contributed by atoms with Crippen molar-refractivity contribution in [3.8, 4) is 0 Å². The maximum Gasteiger partial charge on any atom is 0.338 e. The lowest BCUT2D eigenvalue weighted by Crippen LogP contribution is -2.60. The molecule has 4 rings (SSSR count). The number of carbonyl (C=O) groups is 2. The van der Waals surface area contributed by atoms with Gasteiger partial charge in [0.25, 0.3) is 0 Å². The van der Waals surface area contributed by atoms with Crippen molar-refractivity contribution >= 4 is 11.9 Å². The molecule has 1 aromatic carbocycles. The number of aliphatic carboxylic acids is 1. The molecule has 34 heavy (non-hydrogen) atoms. The van der Waals surface area contributed by atoms with Crippen LogP contribution in [0.2, 0.25) is 0 Å². The van der Waals surface area contributed by atoms with E-state index in [1.54, 1.807) is 30.3 Å². The van der Waals surface area contributed by atoms with Gasteiger partial charge in [0.1, 0.15) is 31.0 Å². The highest BCUT2D eigenvalue weighted by molar-refractivity contribution is 5.89. The van der Waals surface area contributed by atoms with E-state index in [2.05, 4.69) is 6.58 Å². The van der Waals surface area contributed by atoms with Crippen LogP contribution in [-0.2, 0) is 23.7 Å². The zero-order valence-electron chi connectivity index (χ0n) is 18.0. The largest absolute Gasteiger partial charge is 0.478 e. The summed E-state index contributed by atoms with van der Waals surface area (Å²) in [6.45, 7) is 3.38. The monoisotopic (exact) mass is 478 g/mol. The Bertz CT molecular complexity index is 961. The molecule has 0 bridgehead atoms. The SMILES string of the molecule is C=C1C(O)CC2C(C(=O)O)=COC(OC3OC(COC(=O)c4ccccc4)C(O)C(O)C3O)C12. The summed E-state index contributed by atoms with van der Waals surface area (Å²) in [7, 11) is 0. The molecule has 2 aliphatic heterocycles. The predicted octanol–water partition coefficient (Wildman–Crippen LogP) is -0.454. The van der Waals surface area contributed by atoms with E-state index in [1.165, 1.54) is 0 Å². The zero-order chi connectivity index (χ0) is 24.6. The molecule has 0 amide bonds. The van der Waals surface area contributed by atoms with Gasteiger partial charge in [-0.1, -0.05) is 24.8 Å². The standard InChI is InChI=1S/C23H26O11/c1-10-14(24)7-12-13(20(28)29)8-32-22(16(10)12)34-23-19(27)18(26)17(25)15(33-23)9-31-21(30)11-5-3-2-4-6-11/h2-6,8,12,14-19,22-27H,1,7,9H2,(H,28,29). The van der Waals surface area contributed by atoms with Crippen molar-refractivity contribution in [2.75, 3.05) is 6.61 Å². The van der Waals surface area contributed by atoms with Gasteiger partial charge in [-0.05, 0) is 24.1 Å². The number of carboxylic acids is 1. The summed E-state index contributed by atoms with van der Waals surface area (Å²) in [5, 5.41) is 50.6. The van der Waals surface area contributed by atoms with E-state index in [9.17, 15) is 35.1 Å². The quantitative estimate of drug-likeness (QED) is 0.265. The number of aliphatic hydroxyl groups is 4. The van der Waals surface area contributed by atoms with Gasteiger partial charge in [0.2, 0.25) is 6.29 Å². The third kappa shape index (κ3) is 4.58. The Kier molecular flexibility index (Phi) is 7.03. The normalized spacial score (nSPS) is 37.4. The first kappa shape index (κ1) is 24.3. The highest BCUT2D eigenvalue weighted by Gasteiger charge is 2.52. The molecule has 9 unspecified atom stereocenters. The average Bonchev–Trinajstić information content (AvgIpc) is 3.13. The molecular formula is C23H26O11. The van der Waals surface area contributed by atoms with Gasteiger partial charge < -0.3 is 44.5 Å². The lowest BCUT2D eigenvalue weighted by molar-refractivity contribution is -0.339. The summed E-state index contributed by atoms with van der Waals surface area (Å²) in [4.78, 5) is 23.7. The number of esters is 1. The third-order valence-corrected chi connectivity index (χ3v) is 6.36. The number of carbonyl (C=O) groups excluding carboxylic acids is 1. The van der Waals surface area contributed by atoms with E-state index in [0.29, 0.717) is 5.57 Å². The number of aliphatic hydroxyl groups excluding tert-OH is 4. The van der Waals surface area contributed by atoms with Gasteiger partial charge in [0, 0.05) is 5.92 Å². The second-order valence-corrected chi connectivity index (χ2v) is 8.46.